The van der Waals surface area contributed by atoms with E-state index in [0.29, 0.717) is 19.3 Å². The summed E-state index contributed by atoms with van der Waals surface area (Å²) in [6.07, 6.45) is 91.1. The average Bonchev–Trinajstić information content (AvgIpc) is 3.49. The molecule has 0 bridgehead atoms. The second-order valence-corrected chi connectivity index (χ2v) is 25.6. The van der Waals surface area contributed by atoms with E-state index >= 15 is 0 Å². The monoisotopic (exact) mass is 1170 g/mol. The minimum Gasteiger partial charge on any atom is -0.462 e. The van der Waals surface area contributed by atoms with E-state index < -0.39 is 6.10 Å². The first-order valence-electron chi connectivity index (χ1n) is 37.5. The van der Waals surface area contributed by atoms with Crippen LogP contribution in [-0.4, -0.2) is 37.2 Å². The van der Waals surface area contributed by atoms with E-state index in [9.17, 15) is 14.4 Å². The largest absolute Gasteiger partial charge is 0.462 e. The summed E-state index contributed by atoms with van der Waals surface area (Å²) in [4.78, 5) is 38.1. The van der Waals surface area contributed by atoms with Crippen molar-refractivity contribution in [1.82, 2.24) is 0 Å². The van der Waals surface area contributed by atoms with Gasteiger partial charge in [0.2, 0.25) is 0 Å². The molecular formula is C77H144O6. The molecule has 0 saturated carbocycles. The van der Waals surface area contributed by atoms with Gasteiger partial charge in [-0.15, -0.1) is 0 Å². The SMILES string of the molecule is CCCCCCC/C=C\C/C=C\C/C=C\CCCCCCCCCCCCCCCCCCCCC(=O)OCC(COC(=O)CCCCCCC)OC(=O)CCCCCCCCCCCCCCCCCCCCCCCCCCCCC. The zero-order valence-corrected chi connectivity index (χ0v) is 56.2. The lowest BCUT2D eigenvalue weighted by Gasteiger charge is -2.18. The summed E-state index contributed by atoms with van der Waals surface area (Å²) in [5, 5.41) is 0. The highest BCUT2D eigenvalue weighted by molar-refractivity contribution is 5.71. The van der Waals surface area contributed by atoms with Crippen LogP contribution in [0.15, 0.2) is 36.5 Å². The second kappa shape index (κ2) is 72.1. The minimum atomic E-state index is -0.765. The summed E-state index contributed by atoms with van der Waals surface area (Å²) in [6.45, 7) is 6.62. The summed E-state index contributed by atoms with van der Waals surface area (Å²) >= 11 is 0. The Labute approximate surface area is 518 Å². The van der Waals surface area contributed by atoms with E-state index in [-0.39, 0.29) is 31.1 Å². The highest BCUT2D eigenvalue weighted by Gasteiger charge is 2.19. The maximum absolute atomic E-state index is 12.9. The molecule has 1 unspecified atom stereocenters. The predicted molar refractivity (Wildman–Crippen MR) is 362 cm³/mol. The molecule has 0 amide bonds. The Morgan fingerprint density at radius 1 is 0.241 bits per heavy atom. The van der Waals surface area contributed by atoms with Crippen molar-refractivity contribution in [2.75, 3.05) is 13.2 Å². The van der Waals surface area contributed by atoms with E-state index in [4.69, 9.17) is 14.2 Å². The summed E-state index contributed by atoms with van der Waals surface area (Å²) in [5.74, 6) is -0.851. The van der Waals surface area contributed by atoms with Gasteiger partial charge in [-0.05, 0) is 57.8 Å². The molecule has 0 radical (unpaired) electrons. The molecule has 6 nitrogen and oxygen atoms in total. The molecule has 0 spiro atoms. The molecule has 0 aromatic rings. The van der Waals surface area contributed by atoms with Crippen molar-refractivity contribution < 1.29 is 28.6 Å². The van der Waals surface area contributed by atoms with Crippen molar-refractivity contribution in [2.45, 2.75) is 425 Å². The van der Waals surface area contributed by atoms with Gasteiger partial charge in [-0.2, -0.15) is 0 Å². The summed E-state index contributed by atoms with van der Waals surface area (Å²) < 4.78 is 16.8. The molecule has 0 aromatic heterocycles. The maximum atomic E-state index is 12.9. The van der Waals surface area contributed by atoms with Crippen LogP contribution in [0, 0.1) is 0 Å². The van der Waals surface area contributed by atoms with Crippen LogP contribution in [0.5, 0.6) is 0 Å². The number of ether oxygens (including phenoxy) is 3. The fourth-order valence-electron chi connectivity index (χ4n) is 11.5. The summed E-state index contributed by atoms with van der Waals surface area (Å²) in [7, 11) is 0. The fourth-order valence-corrected chi connectivity index (χ4v) is 11.5. The zero-order valence-electron chi connectivity index (χ0n) is 56.2. The fraction of sp³-hybridized carbons (Fsp3) is 0.883. The first-order chi connectivity index (χ1) is 41.0. The van der Waals surface area contributed by atoms with E-state index in [0.717, 1.165) is 77.0 Å². The van der Waals surface area contributed by atoms with Gasteiger partial charge in [0.15, 0.2) is 6.10 Å². The van der Waals surface area contributed by atoms with Gasteiger partial charge >= 0.3 is 17.9 Å². The van der Waals surface area contributed by atoms with Gasteiger partial charge in [-0.1, -0.05) is 378 Å². The third kappa shape index (κ3) is 70.3. The lowest BCUT2D eigenvalue weighted by Crippen LogP contribution is -2.30. The molecule has 6 heteroatoms. The van der Waals surface area contributed by atoms with Crippen molar-refractivity contribution in [3.05, 3.63) is 36.5 Å². The number of rotatable bonds is 70. The van der Waals surface area contributed by atoms with Crippen LogP contribution in [-0.2, 0) is 28.6 Å². The highest BCUT2D eigenvalue weighted by Crippen LogP contribution is 2.19. The normalized spacial score (nSPS) is 12.2. The molecular weight excluding hydrogens is 1020 g/mol. The van der Waals surface area contributed by atoms with Gasteiger partial charge in [0.1, 0.15) is 13.2 Å². The average molecular weight is 1170 g/mol. The number of carbonyl (C=O) groups excluding carboxylic acids is 3. The number of hydrogen-bond donors (Lipinski definition) is 0. The van der Waals surface area contributed by atoms with Crippen molar-refractivity contribution in [1.29, 1.82) is 0 Å². The van der Waals surface area contributed by atoms with E-state index in [1.54, 1.807) is 0 Å². The predicted octanol–water partition coefficient (Wildman–Crippen LogP) is 25.9. The van der Waals surface area contributed by atoms with E-state index in [1.165, 1.54) is 302 Å². The van der Waals surface area contributed by atoms with Crippen LogP contribution in [0.3, 0.4) is 0 Å². The topological polar surface area (TPSA) is 78.9 Å². The molecule has 1 atom stereocenters. The Kier molecular flexibility index (Phi) is 70.0. The molecule has 0 aromatic carbocycles. The first-order valence-corrected chi connectivity index (χ1v) is 37.5. The smallest absolute Gasteiger partial charge is 0.306 e. The number of esters is 3. The molecule has 0 fully saturated rings. The Morgan fingerprint density at radius 2 is 0.434 bits per heavy atom. The molecule has 488 valence electrons. The number of carbonyl (C=O) groups is 3. The standard InChI is InChI=1S/C77H144O6/c1-4-7-10-13-15-17-19-21-23-25-27-29-31-33-35-36-37-38-39-40-42-43-45-47-49-51-53-55-57-59-61-64-67-70-76(79)82-73-74(72-81-75(78)69-66-63-12-9-6-3)83-77(80)71-68-65-62-60-58-56-54-52-50-48-46-44-41-34-32-30-28-26-24-22-20-18-16-14-11-8-5-2/h19,21,25,27,31,33,74H,4-18,20,22-24,26,28-30,32,34-73H2,1-3H3/b21-19-,27-25-,33-31-. The maximum Gasteiger partial charge on any atom is 0.306 e. The lowest BCUT2D eigenvalue weighted by molar-refractivity contribution is -0.167. The highest BCUT2D eigenvalue weighted by atomic mass is 16.6. The molecule has 0 heterocycles. The minimum absolute atomic E-state index is 0.0660. The first kappa shape index (κ1) is 80.6. The molecule has 0 aliphatic heterocycles. The Morgan fingerprint density at radius 3 is 0.675 bits per heavy atom. The van der Waals surface area contributed by atoms with Crippen molar-refractivity contribution in [3.63, 3.8) is 0 Å². The van der Waals surface area contributed by atoms with Crippen molar-refractivity contribution in [3.8, 4) is 0 Å². The summed E-state index contributed by atoms with van der Waals surface area (Å²) in [5.41, 5.74) is 0. The Balaban J connectivity index is 3.89. The van der Waals surface area contributed by atoms with Crippen LogP contribution in [0.4, 0.5) is 0 Å². The number of hydrogen-bond acceptors (Lipinski definition) is 6. The third-order valence-electron chi connectivity index (χ3n) is 17.1. The Hall–Kier alpha value is -2.37. The van der Waals surface area contributed by atoms with Gasteiger partial charge < -0.3 is 14.2 Å². The molecule has 83 heavy (non-hydrogen) atoms. The van der Waals surface area contributed by atoms with Gasteiger partial charge in [-0.25, -0.2) is 0 Å². The van der Waals surface area contributed by atoms with E-state index in [2.05, 4.69) is 57.2 Å². The van der Waals surface area contributed by atoms with Crippen LogP contribution >= 0.6 is 0 Å². The van der Waals surface area contributed by atoms with Crippen LogP contribution in [0.25, 0.3) is 0 Å². The lowest BCUT2D eigenvalue weighted by atomic mass is 10.0. The molecule has 0 aliphatic carbocycles. The van der Waals surface area contributed by atoms with Gasteiger partial charge in [0, 0.05) is 19.3 Å². The number of unbranched alkanes of at least 4 members (excludes halogenated alkanes) is 53. The van der Waals surface area contributed by atoms with Crippen LogP contribution in [0.2, 0.25) is 0 Å². The summed E-state index contributed by atoms with van der Waals surface area (Å²) in [6, 6.07) is 0. The number of allylic oxidation sites excluding steroid dienone is 6. The van der Waals surface area contributed by atoms with Gasteiger partial charge in [0.05, 0.1) is 0 Å². The molecule has 0 saturated heterocycles. The van der Waals surface area contributed by atoms with Gasteiger partial charge in [-0.3, -0.25) is 14.4 Å². The Bertz CT molecular complexity index is 1380. The van der Waals surface area contributed by atoms with Gasteiger partial charge in [0.25, 0.3) is 0 Å². The molecule has 0 rings (SSSR count). The van der Waals surface area contributed by atoms with Crippen molar-refractivity contribution in [2.24, 2.45) is 0 Å². The van der Waals surface area contributed by atoms with Crippen molar-refractivity contribution >= 4 is 17.9 Å². The zero-order chi connectivity index (χ0) is 59.9. The second-order valence-electron chi connectivity index (χ2n) is 25.6. The van der Waals surface area contributed by atoms with Crippen LogP contribution in [0.1, 0.15) is 419 Å². The molecule has 0 N–H and O–H groups in total. The van der Waals surface area contributed by atoms with Crippen LogP contribution < -0.4 is 0 Å². The quantitative estimate of drug-likeness (QED) is 0.0261. The third-order valence-corrected chi connectivity index (χ3v) is 17.1. The van der Waals surface area contributed by atoms with E-state index in [1.807, 2.05) is 0 Å². The molecule has 0 aliphatic rings.